The van der Waals surface area contributed by atoms with E-state index in [1.165, 1.54) is 6.20 Å². The van der Waals surface area contributed by atoms with E-state index in [9.17, 15) is 9.59 Å². The summed E-state index contributed by atoms with van der Waals surface area (Å²) in [6.07, 6.45) is 1.42. The van der Waals surface area contributed by atoms with Gasteiger partial charge in [-0.1, -0.05) is 53.5 Å². The Labute approximate surface area is 194 Å². The third kappa shape index (κ3) is 4.07. The molecule has 6 nitrogen and oxygen atoms in total. The van der Waals surface area contributed by atoms with Crippen LogP contribution in [0.25, 0.3) is 16.5 Å². The van der Waals surface area contributed by atoms with Gasteiger partial charge in [-0.25, -0.2) is 4.98 Å². The number of pyridine rings is 2. The van der Waals surface area contributed by atoms with Crippen molar-refractivity contribution in [2.45, 2.75) is 13.0 Å². The van der Waals surface area contributed by atoms with Crippen LogP contribution >= 0.6 is 23.2 Å². The number of nitrogens with one attached hydrogen (secondary N) is 2. The van der Waals surface area contributed by atoms with E-state index in [0.717, 1.165) is 5.39 Å². The third-order valence-electron chi connectivity index (χ3n) is 5.20. The number of nitrogens with zero attached hydrogens (tertiary/aromatic N) is 2. The van der Waals surface area contributed by atoms with Gasteiger partial charge in [0.15, 0.2) is 0 Å². The quantitative estimate of drug-likeness (QED) is 0.395. The molecule has 0 radical (unpaired) electrons. The zero-order valence-corrected chi connectivity index (χ0v) is 18.9. The number of amides is 1. The van der Waals surface area contributed by atoms with E-state index in [1.807, 2.05) is 55.5 Å². The molecule has 0 aliphatic rings. The Morgan fingerprint density at radius 1 is 1.06 bits per heavy atom. The molecule has 0 fully saturated rings. The standard InChI is InChI=1S/C24H20Cl2N4O2/c1-14(29-19-12-21(26)28-13-17(19)23(31)27-2)20-11-15-7-6-10-18(25)22(15)24(32)30(20)16-8-4-3-5-9-16/h3-14H,1-2H3,(H,27,31)(H,28,29). The van der Waals surface area contributed by atoms with Crippen molar-refractivity contribution in [3.8, 4) is 5.69 Å². The van der Waals surface area contributed by atoms with Crippen LogP contribution in [0.5, 0.6) is 0 Å². The third-order valence-corrected chi connectivity index (χ3v) is 5.72. The van der Waals surface area contributed by atoms with E-state index >= 15 is 0 Å². The molecular formula is C24H20Cl2N4O2. The summed E-state index contributed by atoms with van der Waals surface area (Å²) in [5.41, 5.74) is 2.05. The van der Waals surface area contributed by atoms with Crippen molar-refractivity contribution < 1.29 is 4.79 Å². The highest BCUT2D eigenvalue weighted by molar-refractivity contribution is 6.35. The molecule has 4 aromatic rings. The highest BCUT2D eigenvalue weighted by atomic mass is 35.5. The smallest absolute Gasteiger partial charge is 0.264 e. The number of rotatable bonds is 5. The first-order valence-electron chi connectivity index (χ1n) is 9.94. The minimum atomic E-state index is -0.367. The molecule has 0 aliphatic heterocycles. The molecule has 4 rings (SSSR count). The average molecular weight is 467 g/mol. The van der Waals surface area contributed by atoms with Gasteiger partial charge in [-0.2, -0.15) is 0 Å². The zero-order chi connectivity index (χ0) is 22.8. The van der Waals surface area contributed by atoms with Crippen LogP contribution in [0, 0.1) is 0 Å². The van der Waals surface area contributed by atoms with Gasteiger partial charge in [0, 0.05) is 24.6 Å². The predicted octanol–water partition coefficient (Wildman–Crippen LogP) is 5.23. The van der Waals surface area contributed by atoms with Gasteiger partial charge < -0.3 is 10.6 Å². The molecule has 0 bridgehead atoms. The lowest BCUT2D eigenvalue weighted by atomic mass is 10.1. The topological polar surface area (TPSA) is 76.0 Å². The maximum absolute atomic E-state index is 13.6. The van der Waals surface area contributed by atoms with Gasteiger partial charge in [-0.3, -0.25) is 14.2 Å². The van der Waals surface area contributed by atoms with Crippen LogP contribution in [0.4, 0.5) is 5.69 Å². The molecule has 1 atom stereocenters. The van der Waals surface area contributed by atoms with Crippen LogP contribution < -0.4 is 16.2 Å². The molecule has 2 aromatic carbocycles. The van der Waals surface area contributed by atoms with Gasteiger partial charge in [0.2, 0.25) is 0 Å². The number of carbonyl (C=O) groups is 1. The Bertz CT molecular complexity index is 1370. The summed E-state index contributed by atoms with van der Waals surface area (Å²) in [6.45, 7) is 1.91. The van der Waals surface area contributed by atoms with Gasteiger partial charge in [0.1, 0.15) is 5.15 Å². The number of benzene rings is 2. The Morgan fingerprint density at radius 2 is 1.81 bits per heavy atom. The molecule has 162 valence electrons. The fourth-order valence-electron chi connectivity index (χ4n) is 3.67. The van der Waals surface area contributed by atoms with Gasteiger partial charge in [0.25, 0.3) is 11.5 Å². The van der Waals surface area contributed by atoms with E-state index in [0.29, 0.717) is 33.0 Å². The average Bonchev–Trinajstić information content (AvgIpc) is 2.79. The lowest BCUT2D eigenvalue weighted by Gasteiger charge is -2.23. The number of fused-ring (bicyclic) bond motifs is 1. The molecule has 0 aliphatic carbocycles. The Balaban J connectivity index is 1.91. The van der Waals surface area contributed by atoms with Crippen LogP contribution in [0.3, 0.4) is 0 Å². The molecule has 0 spiro atoms. The van der Waals surface area contributed by atoms with E-state index < -0.39 is 0 Å². The fraction of sp³-hybridized carbons (Fsp3) is 0.125. The first-order valence-corrected chi connectivity index (χ1v) is 10.7. The number of hydrogen-bond acceptors (Lipinski definition) is 4. The Morgan fingerprint density at radius 3 is 2.53 bits per heavy atom. The minimum absolute atomic E-state index is 0.220. The van der Waals surface area contributed by atoms with Crippen molar-refractivity contribution in [3.63, 3.8) is 0 Å². The second-order valence-corrected chi connectivity index (χ2v) is 8.04. The van der Waals surface area contributed by atoms with Gasteiger partial charge >= 0.3 is 0 Å². The maximum Gasteiger partial charge on any atom is 0.264 e. The molecule has 0 saturated carbocycles. The summed E-state index contributed by atoms with van der Waals surface area (Å²) in [7, 11) is 1.55. The first-order chi connectivity index (χ1) is 15.4. The summed E-state index contributed by atoms with van der Waals surface area (Å²) in [6, 6.07) is 17.9. The van der Waals surface area contributed by atoms with Crippen molar-refractivity contribution in [2.24, 2.45) is 0 Å². The number of hydrogen-bond donors (Lipinski definition) is 2. The monoisotopic (exact) mass is 466 g/mol. The molecule has 2 N–H and O–H groups in total. The largest absolute Gasteiger partial charge is 0.376 e. The highest BCUT2D eigenvalue weighted by Gasteiger charge is 2.20. The van der Waals surface area contributed by atoms with E-state index in [4.69, 9.17) is 23.2 Å². The zero-order valence-electron chi connectivity index (χ0n) is 17.4. The Kier molecular flexibility index (Phi) is 6.17. The maximum atomic E-state index is 13.6. The number of halogens is 2. The van der Waals surface area contributed by atoms with Crippen molar-refractivity contribution in [1.29, 1.82) is 0 Å². The summed E-state index contributed by atoms with van der Waals surface area (Å²) < 4.78 is 1.63. The van der Waals surface area contributed by atoms with Crippen molar-refractivity contribution in [3.05, 3.63) is 98.6 Å². The van der Waals surface area contributed by atoms with Gasteiger partial charge in [0.05, 0.1) is 27.7 Å². The summed E-state index contributed by atoms with van der Waals surface area (Å²) >= 11 is 12.5. The van der Waals surface area contributed by atoms with Crippen LogP contribution in [0.2, 0.25) is 10.2 Å². The van der Waals surface area contributed by atoms with Gasteiger partial charge in [-0.15, -0.1) is 0 Å². The predicted molar refractivity (Wildman–Crippen MR) is 129 cm³/mol. The molecular weight excluding hydrogens is 447 g/mol. The summed E-state index contributed by atoms with van der Waals surface area (Å²) in [4.78, 5) is 29.9. The van der Waals surface area contributed by atoms with Crippen LogP contribution in [0.15, 0.2) is 71.7 Å². The number of para-hydroxylation sites is 1. The summed E-state index contributed by atoms with van der Waals surface area (Å²) in [5, 5.41) is 7.75. The minimum Gasteiger partial charge on any atom is -0.376 e. The second-order valence-electron chi connectivity index (χ2n) is 7.25. The first kappa shape index (κ1) is 21.9. The summed E-state index contributed by atoms with van der Waals surface area (Å²) in [5.74, 6) is -0.297. The molecule has 1 unspecified atom stereocenters. The van der Waals surface area contributed by atoms with Crippen molar-refractivity contribution in [2.75, 3.05) is 12.4 Å². The highest BCUT2D eigenvalue weighted by Crippen LogP contribution is 2.29. The van der Waals surface area contributed by atoms with E-state index in [1.54, 1.807) is 23.7 Å². The normalized spacial score (nSPS) is 11.9. The van der Waals surface area contributed by atoms with Gasteiger partial charge in [-0.05, 0) is 42.6 Å². The van der Waals surface area contributed by atoms with Crippen LogP contribution in [0.1, 0.15) is 29.0 Å². The van der Waals surface area contributed by atoms with E-state index in [2.05, 4.69) is 15.6 Å². The SMILES string of the molecule is CNC(=O)c1cnc(Cl)cc1NC(C)c1cc2cccc(Cl)c2c(=O)n1-c1ccccc1. The molecule has 2 heterocycles. The lowest BCUT2D eigenvalue weighted by molar-refractivity contribution is 0.0963. The Hall–Kier alpha value is -3.35. The molecule has 1 amide bonds. The van der Waals surface area contributed by atoms with Crippen LogP contribution in [-0.4, -0.2) is 22.5 Å². The number of anilines is 1. The van der Waals surface area contributed by atoms with Crippen LogP contribution in [-0.2, 0) is 0 Å². The molecule has 32 heavy (non-hydrogen) atoms. The van der Waals surface area contributed by atoms with E-state index in [-0.39, 0.29) is 22.7 Å². The lowest BCUT2D eigenvalue weighted by Crippen LogP contribution is -2.26. The molecule has 2 aromatic heterocycles. The number of carbonyl (C=O) groups excluding carboxylic acids is 1. The van der Waals surface area contributed by atoms with Crippen molar-refractivity contribution >= 4 is 45.6 Å². The van der Waals surface area contributed by atoms with Crippen molar-refractivity contribution in [1.82, 2.24) is 14.9 Å². The fourth-order valence-corrected chi connectivity index (χ4v) is 4.09. The second kappa shape index (κ2) is 9.02. The molecule has 8 heteroatoms. The number of aromatic nitrogens is 2. The molecule has 0 saturated heterocycles.